The molecule has 8 heteroatoms. The van der Waals surface area contributed by atoms with Gasteiger partial charge in [-0.05, 0) is 36.1 Å². The molecule has 0 spiro atoms. The molecule has 0 fully saturated rings. The Bertz CT molecular complexity index is 812. The molecule has 0 saturated carbocycles. The van der Waals surface area contributed by atoms with Crippen LogP contribution >= 0.6 is 11.6 Å². The molecule has 7 nitrogen and oxygen atoms in total. The summed E-state index contributed by atoms with van der Waals surface area (Å²) in [6.45, 7) is 7.57. The van der Waals surface area contributed by atoms with Crippen LogP contribution in [-0.2, 0) is 14.9 Å². The molecule has 0 aliphatic carbocycles. The molecule has 1 atom stereocenters. The van der Waals surface area contributed by atoms with Crippen molar-refractivity contribution < 1.29 is 23.8 Å². The van der Waals surface area contributed by atoms with Crippen molar-refractivity contribution in [2.45, 2.75) is 39.5 Å². The zero-order valence-corrected chi connectivity index (χ0v) is 15.8. The molecule has 1 N–H and O–H groups in total. The second kappa shape index (κ2) is 7.45. The average molecular weight is 381 g/mol. The predicted octanol–water partition coefficient (Wildman–Crippen LogP) is 3.71. The number of hydrogen-bond donors (Lipinski definition) is 1. The smallest absolute Gasteiger partial charge is 0.374 e. The Morgan fingerprint density at radius 1 is 1.35 bits per heavy atom. The highest BCUT2D eigenvalue weighted by atomic mass is 35.5. The molecule has 1 unspecified atom stereocenters. The number of aromatic nitrogens is 2. The van der Waals surface area contributed by atoms with Crippen molar-refractivity contribution in [3.63, 3.8) is 0 Å². The molecule has 2 aromatic rings. The van der Waals surface area contributed by atoms with Gasteiger partial charge in [0, 0.05) is 11.8 Å². The second-order valence-corrected chi connectivity index (χ2v) is 7.19. The highest BCUT2D eigenvalue weighted by Crippen LogP contribution is 2.49. The maximum atomic E-state index is 12.0. The quantitative estimate of drug-likeness (QED) is 0.601. The van der Waals surface area contributed by atoms with Gasteiger partial charge < -0.3 is 14.3 Å². The van der Waals surface area contributed by atoms with E-state index in [0.717, 1.165) is 0 Å². The fourth-order valence-electron chi connectivity index (χ4n) is 3.09. The fraction of sp³-hybridized carbons (Fsp3) is 0.444. The topological polar surface area (TPSA) is 103 Å². The Morgan fingerprint density at radius 2 is 2.04 bits per heavy atom. The van der Waals surface area contributed by atoms with Gasteiger partial charge in [0.1, 0.15) is 0 Å². The van der Waals surface area contributed by atoms with Gasteiger partial charge in [0.2, 0.25) is 11.0 Å². The molecule has 0 amide bonds. The number of carboxylic acids is 1. The molecule has 2 heterocycles. The lowest BCUT2D eigenvalue weighted by molar-refractivity contribution is -0.139. The van der Waals surface area contributed by atoms with Crippen LogP contribution in [-0.4, -0.2) is 33.6 Å². The second-order valence-electron chi connectivity index (χ2n) is 6.86. The lowest BCUT2D eigenvalue weighted by Gasteiger charge is -2.43. The third-order valence-corrected chi connectivity index (χ3v) is 4.51. The molecular weight excluding hydrogens is 360 g/mol. The Hall–Kier alpha value is -2.41. The molecule has 0 saturated heterocycles. The zero-order chi connectivity index (χ0) is 19.5. The van der Waals surface area contributed by atoms with Gasteiger partial charge in [0.05, 0.1) is 30.4 Å². The van der Waals surface area contributed by atoms with Crippen LogP contribution in [0.4, 0.5) is 0 Å². The monoisotopic (exact) mass is 380 g/mol. The van der Waals surface area contributed by atoms with E-state index < -0.39 is 22.8 Å². The Balaban J connectivity index is 2.71. The van der Waals surface area contributed by atoms with Crippen molar-refractivity contribution in [3.05, 3.63) is 46.9 Å². The number of furan rings is 1. The van der Waals surface area contributed by atoms with Crippen molar-refractivity contribution in [3.8, 4) is 0 Å². The number of aliphatic carboxylic acids is 1. The Kier molecular flexibility index (Phi) is 5.71. The Morgan fingerprint density at radius 3 is 2.58 bits per heavy atom. The van der Waals surface area contributed by atoms with E-state index >= 15 is 0 Å². The van der Waals surface area contributed by atoms with Crippen molar-refractivity contribution in [1.82, 2.24) is 9.97 Å². The number of rotatable bonds is 6. The molecule has 26 heavy (non-hydrogen) atoms. The molecule has 0 aliphatic heterocycles. The van der Waals surface area contributed by atoms with Gasteiger partial charge in [-0.1, -0.05) is 20.8 Å². The SMILES string of the molecule is CCOC(=O)c1cc(C(CC(=O)O)(c2ccnc(Cl)n2)C(C)(C)C)co1. The molecule has 0 aliphatic rings. The molecule has 0 bridgehead atoms. The standard InChI is InChI=1S/C18H21ClN2O5/c1-5-25-15(24)12-8-11(10-26-12)18(9-14(22)23,17(2,3)4)13-6-7-20-16(19)21-13/h6-8,10H,5,9H2,1-4H3,(H,22,23). The fourth-order valence-corrected chi connectivity index (χ4v) is 3.24. The number of ether oxygens (including phenoxy) is 1. The van der Waals surface area contributed by atoms with Crippen molar-refractivity contribution in [2.75, 3.05) is 6.61 Å². The number of carbonyl (C=O) groups is 2. The van der Waals surface area contributed by atoms with E-state index in [4.69, 9.17) is 20.8 Å². The first-order chi connectivity index (χ1) is 12.1. The van der Waals surface area contributed by atoms with Crippen molar-refractivity contribution >= 4 is 23.5 Å². The van der Waals surface area contributed by atoms with E-state index in [9.17, 15) is 14.7 Å². The molecule has 140 valence electrons. The minimum atomic E-state index is -1.10. The van der Waals surface area contributed by atoms with Gasteiger partial charge in [-0.15, -0.1) is 0 Å². The summed E-state index contributed by atoms with van der Waals surface area (Å²) in [5.74, 6) is -1.63. The van der Waals surface area contributed by atoms with E-state index in [-0.39, 0.29) is 24.1 Å². The summed E-state index contributed by atoms with van der Waals surface area (Å²) in [5, 5.41) is 9.62. The largest absolute Gasteiger partial charge is 0.481 e. The number of halogens is 1. The highest BCUT2D eigenvalue weighted by Gasteiger charge is 2.49. The maximum absolute atomic E-state index is 12.0. The summed E-state index contributed by atoms with van der Waals surface area (Å²) in [6.07, 6.45) is 2.57. The van der Waals surface area contributed by atoms with Gasteiger partial charge in [0.25, 0.3) is 0 Å². The minimum absolute atomic E-state index is 0.000942. The average Bonchev–Trinajstić information content (AvgIpc) is 3.01. The van der Waals surface area contributed by atoms with Crippen molar-refractivity contribution in [2.24, 2.45) is 5.41 Å². The van der Waals surface area contributed by atoms with Crippen LogP contribution < -0.4 is 0 Å². The van der Waals surface area contributed by atoms with E-state index in [2.05, 4.69) is 9.97 Å². The number of hydrogen-bond acceptors (Lipinski definition) is 6. The summed E-state index contributed by atoms with van der Waals surface area (Å²) in [7, 11) is 0. The van der Waals surface area contributed by atoms with Gasteiger partial charge in [-0.25, -0.2) is 14.8 Å². The first-order valence-electron chi connectivity index (χ1n) is 8.08. The first kappa shape index (κ1) is 19.9. The van der Waals surface area contributed by atoms with Gasteiger partial charge in [-0.3, -0.25) is 4.79 Å². The van der Waals surface area contributed by atoms with Gasteiger partial charge >= 0.3 is 11.9 Å². The van der Waals surface area contributed by atoms with Crippen LogP contribution in [0.25, 0.3) is 0 Å². The maximum Gasteiger partial charge on any atom is 0.374 e. The summed E-state index contributed by atoms with van der Waals surface area (Å²) < 4.78 is 10.3. The zero-order valence-electron chi connectivity index (χ0n) is 15.1. The van der Waals surface area contributed by atoms with Crippen LogP contribution in [0.2, 0.25) is 5.28 Å². The van der Waals surface area contributed by atoms with Crippen LogP contribution in [0.5, 0.6) is 0 Å². The van der Waals surface area contributed by atoms with E-state index in [1.165, 1.54) is 18.5 Å². The van der Waals surface area contributed by atoms with Crippen molar-refractivity contribution in [1.29, 1.82) is 0 Å². The van der Waals surface area contributed by atoms with Crippen LogP contribution in [0.15, 0.2) is 29.0 Å². The highest BCUT2D eigenvalue weighted by molar-refractivity contribution is 6.28. The number of carbonyl (C=O) groups excluding carboxylic acids is 1. The first-order valence-corrected chi connectivity index (χ1v) is 8.46. The van der Waals surface area contributed by atoms with E-state index in [0.29, 0.717) is 11.3 Å². The molecule has 0 aromatic carbocycles. The molecule has 2 rings (SSSR count). The van der Waals surface area contributed by atoms with Crippen LogP contribution in [0.1, 0.15) is 55.9 Å². The summed E-state index contributed by atoms with van der Waals surface area (Å²) in [6, 6.07) is 3.12. The lowest BCUT2D eigenvalue weighted by atomic mass is 9.59. The molecule has 0 radical (unpaired) electrons. The van der Waals surface area contributed by atoms with E-state index in [1.807, 2.05) is 20.8 Å². The molecule has 2 aromatic heterocycles. The van der Waals surface area contributed by atoms with Crippen LogP contribution in [0.3, 0.4) is 0 Å². The predicted molar refractivity (Wildman–Crippen MR) is 94.2 cm³/mol. The minimum Gasteiger partial charge on any atom is -0.481 e. The van der Waals surface area contributed by atoms with Gasteiger partial charge in [0.15, 0.2) is 0 Å². The summed E-state index contributed by atoms with van der Waals surface area (Å²) in [4.78, 5) is 31.8. The number of carboxylic acid groups (broad SMARTS) is 1. The third kappa shape index (κ3) is 3.72. The number of nitrogens with zero attached hydrogens (tertiary/aromatic N) is 2. The van der Waals surface area contributed by atoms with Gasteiger partial charge in [-0.2, -0.15) is 0 Å². The lowest BCUT2D eigenvalue weighted by Crippen LogP contribution is -2.43. The third-order valence-electron chi connectivity index (χ3n) is 4.33. The molecular formula is C18H21ClN2O5. The normalized spacial score (nSPS) is 13.9. The summed E-state index contributed by atoms with van der Waals surface area (Å²) in [5.41, 5.74) is -0.757. The van der Waals surface area contributed by atoms with E-state index in [1.54, 1.807) is 13.0 Å². The Labute approximate surface area is 156 Å². The summed E-state index contributed by atoms with van der Waals surface area (Å²) >= 11 is 5.95. The number of esters is 1. The van der Waals surface area contributed by atoms with Crippen LogP contribution in [0, 0.1) is 5.41 Å².